The van der Waals surface area contributed by atoms with Crippen LogP contribution >= 0.6 is 0 Å². The molecule has 1 aliphatic rings. The Kier molecular flexibility index (Phi) is 34.6. The van der Waals surface area contributed by atoms with Crippen LogP contribution in [0, 0.1) is 0 Å². The minimum absolute atomic E-state index is 0.639. The fraction of sp³-hybridized carbons (Fsp3) is 0.956. The highest BCUT2D eigenvalue weighted by atomic mass is 15.4. The molecule has 0 saturated heterocycles. The molecule has 0 aliphatic carbocycles. The summed E-state index contributed by atoms with van der Waals surface area (Å²) in [4.78, 5) is 5.42. The van der Waals surface area contributed by atoms with Crippen LogP contribution in [-0.4, -0.2) is 29.1 Å². The van der Waals surface area contributed by atoms with Gasteiger partial charge in [-0.05, 0) is 25.7 Å². The van der Waals surface area contributed by atoms with Crippen LogP contribution in [0.15, 0.2) is 12.4 Å². The molecule has 0 fully saturated rings. The Bertz CT molecular complexity index is 615. The van der Waals surface area contributed by atoms with E-state index in [4.69, 9.17) is 0 Å². The van der Waals surface area contributed by atoms with Gasteiger partial charge in [0.05, 0.1) is 0 Å². The summed E-state index contributed by atoms with van der Waals surface area (Å²) in [6.45, 7) is 9.48. The van der Waals surface area contributed by atoms with E-state index < -0.39 is 0 Å². The first kappa shape index (κ1) is 44.4. The summed E-state index contributed by atoms with van der Waals surface area (Å²) in [5.74, 6) is 0. The molecule has 1 heterocycles. The van der Waals surface area contributed by atoms with Gasteiger partial charge in [0.15, 0.2) is 0 Å². The predicted octanol–water partition coefficient (Wildman–Crippen LogP) is 15.9. The van der Waals surface area contributed by atoms with Crippen LogP contribution in [0.25, 0.3) is 0 Å². The summed E-state index contributed by atoms with van der Waals surface area (Å²) < 4.78 is 0. The van der Waals surface area contributed by atoms with Crippen LogP contribution in [0.3, 0.4) is 0 Å². The molecule has 0 aromatic heterocycles. The lowest BCUT2D eigenvalue weighted by Gasteiger charge is -2.33. The van der Waals surface area contributed by atoms with Crippen LogP contribution in [0.5, 0.6) is 0 Å². The molecule has 0 bridgehead atoms. The van der Waals surface area contributed by atoms with Crippen LogP contribution in [0.4, 0.5) is 0 Å². The number of nitrogens with zero attached hydrogens (tertiary/aromatic N) is 2. The van der Waals surface area contributed by atoms with Crippen molar-refractivity contribution in [3.63, 3.8) is 0 Å². The van der Waals surface area contributed by atoms with Crippen molar-refractivity contribution in [2.75, 3.05) is 13.1 Å². The molecule has 47 heavy (non-hydrogen) atoms. The van der Waals surface area contributed by atoms with E-state index in [1.54, 1.807) is 0 Å². The van der Waals surface area contributed by atoms with Gasteiger partial charge in [-0.2, -0.15) is 0 Å². The summed E-state index contributed by atoms with van der Waals surface area (Å²) in [5.41, 5.74) is 0. The molecule has 0 saturated carbocycles. The minimum Gasteiger partial charge on any atom is -0.356 e. The third-order valence-electron chi connectivity index (χ3n) is 11.1. The molecule has 0 aromatic rings. The van der Waals surface area contributed by atoms with Crippen molar-refractivity contribution in [3.05, 3.63) is 12.4 Å². The molecule has 1 rings (SSSR count). The van der Waals surface area contributed by atoms with Crippen LogP contribution < -0.4 is 0 Å². The summed E-state index contributed by atoms with van der Waals surface area (Å²) in [6, 6.07) is 0. The fourth-order valence-electron chi connectivity index (χ4n) is 7.78. The van der Waals surface area contributed by atoms with Crippen LogP contribution in [0.2, 0.25) is 0 Å². The quantitative estimate of drug-likeness (QED) is 0.0606. The predicted molar refractivity (Wildman–Crippen MR) is 214 cm³/mol. The van der Waals surface area contributed by atoms with Gasteiger partial charge in [0.2, 0.25) is 0 Å². The fourth-order valence-corrected chi connectivity index (χ4v) is 7.78. The minimum atomic E-state index is 0.639. The molecule has 280 valence electrons. The third-order valence-corrected chi connectivity index (χ3v) is 11.1. The molecule has 0 N–H and O–H groups in total. The number of rotatable bonds is 39. The van der Waals surface area contributed by atoms with E-state index in [1.165, 1.54) is 251 Å². The Labute approximate surface area is 299 Å². The highest BCUT2D eigenvalue weighted by Gasteiger charge is 2.24. The average molecular weight is 659 g/mol. The van der Waals surface area contributed by atoms with E-state index in [-0.39, 0.29) is 0 Å². The van der Waals surface area contributed by atoms with E-state index in [1.807, 2.05) is 0 Å². The zero-order valence-electron chi connectivity index (χ0n) is 33.2. The maximum absolute atomic E-state index is 2.72. The molecule has 2 heteroatoms. The van der Waals surface area contributed by atoms with Crippen molar-refractivity contribution in [1.29, 1.82) is 0 Å². The van der Waals surface area contributed by atoms with Gasteiger partial charge >= 0.3 is 0 Å². The van der Waals surface area contributed by atoms with Crippen molar-refractivity contribution in [2.45, 2.75) is 265 Å². The molecule has 0 amide bonds. The third kappa shape index (κ3) is 28.8. The van der Waals surface area contributed by atoms with Crippen molar-refractivity contribution in [3.8, 4) is 0 Å². The molecule has 1 unspecified atom stereocenters. The monoisotopic (exact) mass is 659 g/mol. The second kappa shape index (κ2) is 36.6. The maximum atomic E-state index is 2.72. The Morgan fingerprint density at radius 3 is 0.766 bits per heavy atom. The standard InChI is InChI=1S/C45H90N2/c1-4-7-10-13-15-17-19-21-23-25-27-29-31-33-35-37-40-45-46(41-38-12-9-6-3)43-44-47(45)42-39-36-34-32-30-28-26-24-22-20-18-16-14-11-8-5-2/h43-45H,4-42H2,1-3H3. The Morgan fingerprint density at radius 1 is 0.277 bits per heavy atom. The zero-order valence-corrected chi connectivity index (χ0v) is 33.2. The molecule has 1 atom stereocenters. The largest absolute Gasteiger partial charge is 0.356 e. The van der Waals surface area contributed by atoms with Crippen molar-refractivity contribution >= 4 is 0 Å². The van der Waals surface area contributed by atoms with Crippen LogP contribution in [-0.2, 0) is 0 Å². The van der Waals surface area contributed by atoms with Crippen molar-refractivity contribution < 1.29 is 0 Å². The SMILES string of the molecule is CCCCCCCCCCCCCCCCCCC1N(CCCCCC)C=CN1CCCCCCCCCCCCCCCCCC. The second-order valence-electron chi connectivity index (χ2n) is 15.7. The Hall–Kier alpha value is -0.660. The Morgan fingerprint density at radius 2 is 0.489 bits per heavy atom. The zero-order chi connectivity index (χ0) is 33.7. The lowest BCUT2D eigenvalue weighted by atomic mass is 10.0. The van der Waals surface area contributed by atoms with Gasteiger partial charge in [-0.1, -0.05) is 233 Å². The average Bonchev–Trinajstić information content (AvgIpc) is 3.47. The molecule has 1 aliphatic heterocycles. The lowest BCUT2D eigenvalue weighted by Crippen LogP contribution is -2.39. The van der Waals surface area contributed by atoms with E-state index in [0.717, 1.165) is 0 Å². The molecular formula is C45H90N2. The highest BCUT2D eigenvalue weighted by molar-refractivity contribution is 4.97. The number of hydrogen-bond acceptors (Lipinski definition) is 2. The van der Waals surface area contributed by atoms with Gasteiger partial charge < -0.3 is 9.80 Å². The van der Waals surface area contributed by atoms with E-state index in [0.29, 0.717) is 6.17 Å². The van der Waals surface area contributed by atoms with Gasteiger partial charge in [-0.25, -0.2) is 0 Å². The van der Waals surface area contributed by atoms with Gasteiger partial charge in [0, 0.05) is 25.5 Å². The van der Waals surface area contributed by atoms with Gasteiger partial charge in [0.25, 0.3) is 0 Å². The molecule has 0 aromatic carbocycles. The number of hydrogen-bond donors (Lipinski definition) is 0. The van der Waals surface area contributed by atoms with Gasteiger partial charge in [-0.3, -0.25) is 0 Å². The lowest BCUT2D eigenvalue weighted by molar-refractivity contribution is 0.135. The van der Waals surface area contributed by atoms with Crippen molar-refractivity contribution in [2.24, 2.45) is 0 Å². The van der Waals surface area contributed by atoms with Gasteiger partial charge in [-0.15, -0.1) is 0 Å². The summed E-state index contributed by atoms with van der Waals surface area (Å²) in [6.07, 6.45) is 58.9. The second-order valence-corrected chi connectivity index (χ2v) is 15.7. The summed E-state index contributed by atoms with van der Waals surface area (Å²) in [7, 11) is 0. The first-order chi connectivity index (χ1) is 23.3. The summed E-state index contributed by atoms with van der Waals surface area (Å²) in [5, 5.41) is 0. The summed E-state index contributed by atoms with van der Waals surface area (Å²) >= 11 is 0. The van der Waals surface area contributed by atoms with E-state index >= 15 is 0 Å². The van der Waals surface area contributed by atoms with Crippen LogP contribution in [0.1, 0.15) is 258 Å². The molecule has 0 spiro atoms. The normalized spacial score (nSPS) is 14.7. The first-order valence-corrected chi connectivity index (χ1v) is 22.5. The first-order valence-electron chi connectivity index (χ1n) is 22.5. The number of unbranched alkanes of at least 4 members (excludes halogenated alkanes) is 33. The van der Waals surface area contributed by atoms with Crippen molar-refractivity contribution in [1.82, 2.24) is 9.80 Å². The highest BCUT2D eigenvalue weighted by Crippen LogP contribution is 2.24. The molecular weight excluding hydrogens is 569 g/mol. The molecule has 0 radical (unpaired) electrons. The van der Waals surface area contributed by atoms with Gasteiger partial charge in [0.1, 0.15) is 6.17 Å². The Balaban J connectivity index is 2.06. The van der Waals surface area contributed by atoms with E-state index in [9.17, 15) is 0 Å². The molecule has 2 nitrogen and oxygen atoms in total. The smallest absolute Gasteiger partial charge is 0.101 e. The maximum Gasteiger partial charge on any atom is 0.101 e. The topological polar surface area (TPSA) is 6.48 Å². The van der Waals surface area contributed by atoms with E-state index in [2.05, 4.69) is 43.0 Å².